The zero-order valence-corrected chi connectivity index (χ0v) is 16.0. The van der Waals surface area contributed by atoms with Gasteiger partial charge < -0.3 is 9.47 Å². The highest BCUT2D eigenvalue weighted by Crippen LogP contribution is 2.21. The van der Waals surface area contributed by atoms with Gasteiger partial charge in [-0.1, -0.05) is 49.4 Å². The predicted molar refractivity (Wildman–Crippen MR) is 108 cm³/mol. The Morgan fingerprint density at radius 1 is 0.857 bits per heavy atom. The van der Waals surface area contributed by atoms with Crippen molar-refractivity contribution < 1.29 is 19.1 Å². The lowest BCUT2D eigenvalue weighted by Crippen LogP contribution is -2.18. The molecule has 4 nitrogen and oxygen atoms in total. The molecule has 0 spiro atoms. The van der Waals surface area contributed by atoms with Gasteiger partial charge in [-0.3, -0.25) is 4.79 Å². The van der Waals surface area contributed by atoms with Crippen LogP contribution in [0.2, 0.25) is 0 Å². The SMILES string of the molecule is CCc1ccc(OCC(=O)Oc2ccc(C(=O)c3ccccc3)cc2C)cc1. The van der Waals surface area contributed by atoms with E-state index in [1.165, 1.54) is 5.56 Å². The van der Waals surface area contributed by atoms with Crippen LogP contribution in [0.3, 0.4) is 0 Å². The topological polar surface area (TPSA) is 52.6 Å². The second-order valence-electron chi connectivity index (χ2n) is 6.44. The maximum Gasteiger partial charge on any atom is 0.349 e. The van der Waals surface area contributed by atoms with Gasteiger partial charge in [0.15, 0.2) is 12.4 Å². The molecule has 0 unspecified atom stereocenters. The number of benzene rings is 3. The summed E-state index contributed by atoms with van der Waals surface area (Å²) in [4.78, 5) is 24.6. The fourth-order valence-electron chi connectivity index (χ4n) is 2.78. The molecule has 3 aromatic carbocycles. The minimum atomic E-state index is -0.496. The second kappa shape index (κ2) is 9.00. The van der Waals surface area contributed by atoms with Crippen LogP contribution in [-0.4, -0.2) is 18.4 Å². The van der Waals surface area contributed by atoms with Crippen LogP contribution in [0.1, 0.15) is 34.0 Å². The van der Waals surface area contributed by atoms with Crippen LogP contribution in [0.25, 0.3) is 0 Å². The van der Waals surface area contributed by atoms with Gasteiger partial charge in [0, 0.05) is 11.1 Å². The molecule has 3 aromatic rings. The molecule has 3 rings (SSSR count). The molecule has 0 atom stereocenters. The van der Waals surface area contributed by atoms with Gasteiger partial charge in [0.25, 0.3) is 0 Å². The van der Waals surface area contributed by atoms with Crippen molar-refractivity contribution in [3.63, 3.8) is 0 Å². The summed E-state index contributed by atoms with van der Waals surface area (Å²) < 4.78 is 10.8. The largest absolute Gasteiger partial charge is 0.482 e. The standard InChI is InChI=1S/C24H22O4/c1-3-18-9-12-21(13-10-18)27-16-23(25)28-22-14-11-20(15-17(22)2)24(26)19-7-5-4-6-8-19/h4-15H,3,16H2,1-2H3. The van der Waals surface area contributed by atoms with Crippen molar-refractivity contribution in [3.8, 4) is 11.5 Å². The summed E-state index contributed by atoms with van der Waals surface area (Å²) in [5, 5.41) is 0. The lowest BCUT2D eigenvalue weighted by atomic mass is 10.0. The van der Waals surface area contributed by atoms with Gasteiger partial charge >= 0.3 is 5.97 Å². The van der Waals surface area contributed by atoms with E-state index in [1.807, 2.05) is 42.5 Å². The first-order chi connectivity index (χ1) is 13.6. The molecule has 0 aromatic heterocycles. The molecule has 0 fully saturated rings. The van der Waals surface area contributed by atoms with Crippen LogP contribution >= 0.6 is 0 Å². The van der Waals surface area contributed by atoms with Gasteiger partial charge in [-0.15, -0.1) is 0 Å². The average molecular weight is 374 g/mol. The molecule has 0 aliphatic rings. The highest BCUT2D eigenvalue weighted by Gasteiger charge is 2.13. The van der Waals surface area contributed by atoms with Gasteiger partial charge in [-0.25, -0.2) is 4.79 Å². The first kappa shape index (κ1) is 19.4. The first-order valence-corrected chi connectivity index (χ1v) is 9.19. The van der Waals surface area contributed by atoms with Gasteiger partial charge in [-0.2, -0.15) is 0 Å². The number of rotatable bonds is 7. The predicted octanol–water partition coefficient (Wildman–Crippen LogP) is 4.77. The number of carbonyl (C=O) groups excluding carboxylic acids is 2. The number of ketones is 1. The normalized spacial score (nSPS) is 10.4. The van der Waals surface area contributed by atoms with E-state index in [0.717, 1.165) is 6.42 Å². The van der Waals surface area contributed by atoms with Crippen molar-refractivity contribution in [2.75, 3.05) is 6.61 Å². The maximum absolute atomic E-state index is 12.5. The molecule has 0 bridgehead atoms. The van der Waals surface area contributed by atoms with E-state index >= 15 is 0 Å². The van der Waals surface area contributed by atoms with E-state index in [9.17, 15) is 9.59 Å². The summed E-state index contributed by atoms with van der Waals surface area (Å²) in [7, 11) is 0. The third-order valence-electron chi connectivity index (χ3n) is 4.39. The fraction of sp³-hybridized carbons (Fsp3) is 0.167. The Labute approximate surface area is 164 Å². The van der Waals surface area contributed by atoms with E-state index in [2.05, 4.69) is 6.92 Å². The average Bonchev–Trinajstić information content (AvgIpc) is 2.74. The highest BCUT2D eigenvalue weighted by molar-refractivity contribution is 6.09. The quantitative estimate of drug-likeness (QED) is 0.339. The molecule has 0 amide bonds. The number of ether oxygens (including phenoxy) is 2. The minimum Gasteiger partial charge on any atom is -0.482 e. The van der Waals surface area contributed by atoms with Crippen LogP contribution < -0.4 is 9.47 Å². The van der Waals surface area contributed by atoms with Crippen LogP contribution in [0.4, 0.5) is 0 Å². The Morgan fingerprint density at radius 3 is 2.21 bits per heavy atom. The molecule has 0 heterocycles. The third kappa shape index (κ3) is 4.86. The molecule has 0 aliphatic carbocycles. The van der Waals surface area contributed by atoms with Gasteiger partial charge in [-0.05, 0) is 54.8 Å². The second-order valence-corrected chi connectivity index (χ2v) is 6.44. The van der Waals surface area contributed by atoms with Gasteiger partial charge in [0.1, 0.15) is 11.5 Å². The number of carbonyl (C=O) groups is 2. The monoisotopic (exact) mass is 374 g/mol. The van der Waals surface area contributed by atoms with Crippen molar-refractivity contribution in [2.24, 2.45) is 0 Å². The zero-order valence-electron chi connectivity index (χ0n) is 16.0. The Balaban J connectivity index is 1.60. The Bertz CT molecular complexity index is 960. The number of esters is 1. The van der Waals surface area contributed by atoms with Crippen molar-refractivity contribution in [3.05, 3.63) is 95.1 Å². The van der Waals surface area contributed by atoms with Crippen LogP contribution in [0, 0.1) is 6.92 Å². The Kier molecular flexibility index (Phi) is 6.22. The summed E-state index contributed by atoms with van der Waals surface area (Å²) in [5.74, 6) is 0.472. The third-order valence-corrected chi connectivity index (χ3v) is 4.39. The molecule has 0 radical (unpaired) electrons. The van der Waals surface area contributed by atoms with Crippen molar-refractivity contribution in [2.45, 2.75) is 20.3 Å². The van der Waals surface area contributed by atoms with E-state index in [1.54, 1.807) is 37.3 Å². The minimum absolute atomic E-state index is 0.0690. The van der Waals surface area contributed by atoms with Crippen molar-refractivity contribution in [1.29, 1.82) is 0 Å². The summed E-state index contributed by atoms with van der Waals surface area (Å²) in [5.41, 5.74) is 3.09. The fourth-order valence-corrected chi connectivity index (χ4v) is 2.78. The highest BCUT2D eigenvalue weighted by atomic mass is 16.6. The number of hydrogen-bond acceptors (Lipinski definition) is 4. The molecule has 0 saturated carbocycles. The molecule has 0 N–H and O–H groups in total. The van der Waals surface area contributed by atoms with Crippen LogP contribution in [0.5, 0.6) is 11.5 Å². The van der Waals surface area contributed by atoms with Gasteiger partial charge in [0.2, 0.25) is 0 Å². The van der Waals surface area contributed by atoms with E-state index < -0.39 is 5.97 Å². The zero-order chi connectivity index (χ0) is 19.9. The van der Waals surface area contributed by atoms with Crippen LogP contribution in [0.15, 0.2) is 72.8 Å². The smallest absolute Gasteiger partial charge is 0.349 e. The molecule has 28 heavy (non-hydrogen) atoms. The first-order valence-electron chi connectivity index (χ1n) is 9.19. The molecule has 0 aliphatic heterocycles. The summed E-state index contributed by atoms with van der Waals surface area (Å²) in [6, 6.07) is 21.7. The number of hydrogen-bond donors (Lipinski definition) is 0. The summed E-state index contributed by atoms with van der Waals surface area (Å²) in [6.45, 7) is 3.69. The van der Waals surface area contributed by atoms with Crippen molar-refractivity contribution in [1.82, 2.24) is 0 Å². The molecule has 142 valence electrons. The van der Waals surface area contributed by atoms with Crippen molar-refractivity contribution >= 4 is 11.8 Å². The lowest BCUT2D eigenvalue weighted by molar-refractivity contribution is -0.136. The Morgan fingerprint density at radius 2 is 1.57 bits per heavy atom. The van der Waals surface area contributed by atoms with Gasteiger partial charge in [0.05, 0.1) is 0 Å². The summed E-state index contributed by atoms with van der Waals surface area (Å²) in [6.07, 6.45) is 0.949. The van der Waals surface area contributed by atoms with E-state index in [0.29, 0.717) is 28.2 Å². The van der Waals surface area contributed by atoms with Crippen LogP contribution in [-0.2, 0) is 11.2 Å². The number of aryl methyl sites for hydroxylation is 2. The molecule has 4 heteroatoms. The lowest BCUT2D eigenvalue weighted by Gasteiger charge is -2.10. The molecular weight excluding hydrogens is 352 g/mol. The molecular formula is C24H22O4. The van der Waals surface area contributed by atoms with E-state index in [-0.39, 0.29) is 12.4 Å². The maximum atomic E-state index is 12.5. The van der Waals surface area contributed by atoms with E-state index in [4.69, 9.17) is 9.47 Å². The summed E-state index contributed by atoms with van der Waals surface area (Å²) >= 11 is 0. The molecule has 0 saturated heterocycles. The Hall–Kier alpha value is -3.40.